The molecule has 0 radical (unpaired) electrons. The Bertz CT molecular complexity index is 544. The van der Waals surface area contributed by atoms with Gasteiger partial charge in [0.25, 0.3) is 0 Å². The predicted octanol–water partition coefficient (Wildman–Crippen LogP) is 1.32. The zero-order valence-electron chi connectivity index (χ0n) is 12.3. The Hall–Kier alpha value is -2.37. The van der Waals surface area contributed by atoms with E-state index in [2.05, 4.69) is 0 Å². The van der Waals surface area contributed by atoms with Crippen molar-refractivity contribution < 1.29 is 14.4 Å². The highest BCUT2D eigenvalue weighted by molar-refractivity contribution is 6.38. The number of imide groups is 1. The fourth-order valence-electron chi connectivity index (χ4n) is 2.34. The molecule has 0 aliphatic carbocycles. The topological polar surface area (TPSA) is 60.9 Å². The van der Waals surface area contributed by atoms with Crippen LogP contribution < -0.4 is 4.90 Å². The number of amides is 4. The number of piperazine rings is 1. The number of likely N-dealkylation sites (N-methyl/N-ethyl adjacent to an activating group) is 1. The largest absolute Gasteiger partial charge is 0.333 e. The van der Waals surface area contributed by atoms with Gasteiger partial charge in [-0.1, -0.05) is 18.2 Å². The minimum Gasteiger partial charge on any atom is -0.333 e. The average molecular weight is 289 g/mol. The lowest BCUT2D eigenvalue weighted by molar-refractivity contribution is -0.153. The normalized spacial score (nSPS) is 15.3. The molecule has 1 aliphatic heterocycles. The summed E-state index contributed by atoms with van der Waals surface area (Å²) in [5.74, 6) is -1.36. The third kappa shape index (κ3) is 2.89. The molecule has 2 rings (SSSR count). The lowest BCUT2D eigenvalue weighted by atomic mass is 10.2. The van der Waals surface area contributed by atoms with Gasteiger partial charge in [-0.05, 0) is 26.0 Å². The van der Waals surface area contributed by atoms with E-state index in [4.69, 9.17) is 0 Å². The van der Waals surface area contributed by atoms with Crippen LogP contribution in [0.25, 0.3) is 0 Å². The first-order valence-electron chi connectivity index (χ1n) is 7.07. The summed E-state index contributed by atoms with van der Waals surface area (Å²) in [5, 5.41) is 0. The lowest BCUT2D eigenvalue weighted by Gasteiger charge is -2.34. The van der Waals surface area contributed by atoms with Crippen molar-refractivity contribution in [1.82, 2.24) is 9.80 Å². The van der Waals surface area contributed by atoms with Crippen molar-refractivity contribution in [2.75, 3.05) is 31.1 Å². The number of para-hydroxylation sites is 1. The van der Waals surface area contributed by atoms with Gasteiger partial charge < -0.3 is 4.90 Å². The van der Waals surface area contributed by atoms with Crippen LogP contribution in [0.5, 0.6) is 0 Å². The minimum absolute atomic E-state index is 0.237. The van der Waals surface area contributed by atoms with Crippen LogP contribution in [0.3, 0.4) is 0 Å². The second-order valence-corrected chi connectivity index (χ2v) is 4.70. The number of anilines is 1. The van der Waals surface area contributed by atoms with Crippen molar-refractivity contribution in [1.29, 1.82) is 0 Å². The molecule has 0 saturated carbocycles. The van der Waals surface area contributed by atoms with Crippen LogP contribution >= 0.6 is 0 Å². The highest BCUT2D eigenvalue weighted by Gasteiger charge is 2.37. The van der Waals surface area contributed by atoms with Gasteiger partial charge in [-0.25, -0.2) is 4.79 Å². The van der Waals surface area contributed by atoms with E-state index < -0.39 is 17.8 Å². The van der Waals surface area contributed by atoms with Crippen molar-refractivity contribution in [3.05, 3.63) is 30.3 Å². The number of benzene rings is 1. The summed E-state index contributed by atoms with van der Waals surface area (Å²) >= 11 is 0. The van der Waals surface area contributed by atoms with E-state index in [1.54, 1.807) is 12.1 Å². The summed E-state index contributed by atoms with van der Waals surface area (Å²) in [6.45, 7) is 5.17. The summed E-state index contributed by atoms with van der Waals surface area (Å²) < 4.78 is 0. The molecular formula is C15H19N3O3. The number of hydrogen-bond acceptors (Lipinski definition) is 3. The first-order chi connectivity index (χ1) is 10.1. The molecule has 0 atom stereocenters. The number of carbonyl (C=O) groups is 3. The molecule has 1 aromatic rings. The number of urea groups is 1. The van der Waals surface area contributed by atoms with Gasteiger partial charge in [-0.3, -0.25) is 19.4 Å². The van der Waals surface area contributed by atoms with E-state index in [0.29, 0.717) is 25.3 Å². The number of carbonyl (C=O) groups excluding carboxylic acids is 3. The molecule has 1 aromatic carbocycles. The van der Waals surface area contributed by atoms with Crippen LogP contribution in [0.2, 0.25) is 0 Å². The average Bonchev–Trinajstić information content (AvgIpc) is 2.51. The van der Waals surface area contributed by atoms with Crippen molar-refractivity contribution in [2.45, 2.75) is 13.8 Å². The molecule has 0 unspecified atom stereocenters. The summed E-state index contributed by atoms with van der Waals surface area (Å²) in [6, 6.07) is 8.67. The van der Waals surface area contributed by atoms with Gasteiger partial charge in [0.15, 0.2) is 0 Å². The van der Waals surface area contributed by atoms with Crippen LogP contribution in [-0.2, 0) is 9.59 Å². The molecule has 1 heterocycles. The smallest absolute Gasteiger partial charge is 0.331 e. The second-order valence-electron chi connectivity index (χ2n) is 4.70. The molecule has 6 nitrogen and oxygen atoms in total. The van der Waals surface area contributed by atoms with Gasteiger partial charge in [0.2, 0.25) is 0 Å². The van der Waals surface area contributed by atoms with E-state index in [-0.39, 0.29) is 6.54 Å². The summed E-state index contributed by atoms with van der Waals surface area (Å²) in [4.78, 5) is 40.5. The molecule has 1 aliphatic rings. The monoisotopic (exact) mass is 289 g/mol. The fourth-order valence-corrected chi connectivity index (χ4v) is 2.34. The van der Waals surface area contributed by atoms with Crippen LogP contribution in [0.1, 0.15) is 13.8 Å². The fraction of sp³-hybridized carbons (Fsp3) is 0.400. The molecule has 112 valence electrons. The maximum Gasteiger partial charge on any atom is 0.331 e. The van der Waals surface area contributed by atoms with Crippen molar-refractivity contribution in [3.63, 3.8) is 0 Å². The SMILES string of the molecule is CCN1CCN(C(=O)N(CC)c2ccccc2)C(=O)C1=O. The molecule has 1 saturated heterocycles. The van der Waals surface area contributed by atoms with Crippen LogP contribution in [0.15, 0.2) is 30.3 Å². The Morgan fingerprint density at radius 2 is 1.76 bits per heavy atom. The molecule has 0 spiro atoms. The van der Waals surface area contributed by atoms with E-state index in [0.717, 1.165) is 4.90 Å². The highest BCUT2D eigenvalue weighted by Crippen LogP contribution is 2.17. The van der Waals surface area contributed by atoms with Gasteiger partial charge in [0.05, 0.1) is 0 Å². The van der Waals surface area contributed by atoms with Gasteiger partial charge in [0, 0.05) is 31.9 Å². The Balaban J connectivity index is 2.19. The van der Waals surface area contributed by atoms with Gasteiger partial charge >= 0.3 is 17.8 Å². The first-order valence-corrected chi connectivity index (χ1v) is 7.07. The lowest BCUT2D eigenvalue weighted by Crippen LogP contribution is -2.58. The Labute approximate surface area is 123 Å². The molecule has 6 heteroatoms. The quantitative estimate of drug-likeness (QED) is 0.789. The zero-order chi connectivity index (χ0) is 15.4. The number of hydrogen-bond donors (Lipinski definition) is 0. The predicted molar refractivity (Wildman–Crippen MR) is 78.8 cm³/mol. The van der Waals surface area contributed by atoms with Crippen molar-refractivity contribution >= 4 is 23.5 Å². The summed E-state index contributed by atoms with van der Waals surface area (Å²) in [5.41, 5.74) is 0.711. The standard InChI is InChI=1S/C15H19N3O3/c1-3-16-10-11-18(14(20)13(16)19)15(21)17(4-2)12-8-6-5-7-9-12/h5-9H,3-4,10-11H2,1-2H3. The van der Waals surface area contributed by atoms with Crippen molar-refractivity contribution in [2.24, 2.45) is 0 Å². The highest BCUT2D eigenvalue weighted by atomic mass is 16.2. The maximum atomic E-state index is 12.5. The Morgan fingerprint density at radius 3 is 2.33 bits per heavy atom. The zero-order valence-corrected chi connectivity index (χ0v) is 12.3. The van der Waals surface area contributed by atoms with Crippen molar-refractivity contribution in [3.8, 4) is 0 Å². The van der Waals surface area contributed by atoms with Crippen LogP contribution in [0, 0.1) is 0 Å². The Kier molecular flexibility index (Phi) is 4.57. The molecule has 0 aromatic heterocycles. The van der Waals surface area contributed by atoms with E-state index in [1.165, 1.54) is 9.80 Å². The van der Waals surface area contributed by atoms with Gasteiger partial charge in [0.1, 0.15) is 0 Å². The van der Waals surface area contributed by atoms with E-state index in [1.807, 2.05) is 32.0 Å². The molecule has 21 heavy (non-hydrogen) atoms. The third-order valence-corrected chi connectivity index (χ3v) is 3.54. The summed E-state index contributed by atoms with van der Waals surface area (Å²) in [7, 11) is 0. The molecule has 4 amide bonds. The maximum absolute atomic E-state index is 12.5. The Morgan fingerprint density at radius 1 is 1.10 bits per heavy atom. The molecule has 0 bridgehead atoms. The van der Waals surface area contributed by atoms with E-state index in [9.17, 15) is 14.4 Å². The number of rotatable bonds is 3. The summed E-state index contributed by atoms with van der Waals surface area (Å²) in [6.07, 6.45) is 0. The van der Waals surface area contributed by atoms with Crippen LogP contribution in [0.4, 0.5) is 10.5 Å². The molecular weight excluding hydrogens is 270 g/mol. The third-order valence-electron chi connectivity index (χ3n) is 3.54. The first kappa shape index (κ1) is 15.0. The molecule has 0 N–H and O–H groups in total. The van der Waals surface area contributed by atoms with Gasteiger partial charge in [-0.15, -0.1) is 0 Å². The molecule has 1 fully saturated rings. The minimum atomic E-state index is -0.748. The van der Waals surface area contributed by atoms with Crippen LogP contribution in [-0.4, -0.2) is 53.8 Å². The van der Waals surface area contributed by atoms with E-state index >= 15 is 0 Å². The second kappa shape index (κ2) is 6.39. The van der Waals surface area contributed by atoms with Gasteiger partial charge in [-0.2, -0.15) is 0 Å². The number of nitrogens with zero attached hydrogens (tertiary/aromatic N) is 3.